The molecule has 0 aliphatic rings. The van der Waals surface area contributed by atoms with Crippen LogP contribution in [0.1, 0.15) is 17.2 Å². The summed E-state index contributed by atoms with van der Waals surface area (Å²) >= 11 is 6.16. The minimum Gasteiger partial charge on any atom is -0.506 e. The highest BCUT2D eigenvalue weighted by molar-refractivity contribution is 6.31. The number of benzene rings is 2. The number of fused-ring (bicyclic) bond motifs is 1. The van der Waals surface area contributed by atoms with Gasteiger partial charge in [0.25, 0.3) is 0 Å². The molecule has 0 aliphatic heterocycles. The largest absolute Gasteiger partial charge is 0.506 e. The molecule has 0 aliphatic carbocycles. The molecule has 0 saturated heterocycles. The number of phenolic OH excluding ortho intramolecular Hbond substituents is 1. The molecule has 0 amide bonds. The van der Waals surface area contributed by atoms with Crippen LogP contribution >= 0.6 is 11.6 Å². The van der Waals surface area contributed by atoms with E-state index < -0.39 is 0 Å². The van der Waals surface area contributed by atoms with Gasteiger partial charge in [-0.05, 0) is 42.3 Å². The van der Waals surface area contributed by atoms with Gasteiger partial charge in [-0.15, -0.1) is 0 Å². The summed E-state index contributed by atoms with van der Waals surface area (Å²) in [7, 11) is 0. The molecule has 1 atom stereocenters. The van der Waals surface area contributed by atoms with Crippen molar-refractivity contribution in [3.8, 4) is 5.75 Å². The number of aromatic amines is 1. The molecule has 4 N–H and O–H groups in total. The molecule has 0 saturated carbocycles. The summed E-state index contributed by atoms with van der Waals surface area (Å²) in [5.41, 5.74) is 1.93. The Morgan fingerprint density at radius 1 is 1.12 bits per heavy atom. The van der Waals surface area contributed by atoms with Gasteiger partial charge in [0, 0.05) is 16.5 Å². The molecular formula is C19H19ClN2O3. The van der Waals surface area contributed by atoms with Gasteiger partial charge in [-0.1, -0.05) is 35.9 Å². The topological polar surface area (TPSA) is 85.3 Å². The Morgan fingerprint density at radius 3 is 2.68 bits per heavy atom. The van der Waals surface area contributed by atoms with E-state index in [4.69, 9.17) is 11.6 Å². The zero-order valence-corrected chi connectivity index (χ0v) is 14.3. The molecule has 1 aromatic heterocycles. The first-order valence-electron chi connectivity index (χ1n) is 8.02. The first-order valence-corrected chi connectivity index (χ1v) is 8.40. The molecule has 1 heterocycles. The predicted octanol–water partition coefficient (Wildman–Crippen LogP) is 2.75. The molecule has 6 heteroatoms. The van der Waals surface area contributed by atoms with E-state index in [1.807, 2.05) is 24.3 Å². The molecule has 3 rings (SSSR count). The number of aromatic nitrogens is 1. The highest BCUT2D eigenvalue weighted by atomic mass is 35.5. The van der Waals surface area contributed by atoms with Crippen LogP contribution in [0.15, 0.2) is 53.3 Å². The molecule has 0 spiro atoms. The lowest BCUT2D eigenvalue weighted by Crippen LogP contribution is -2.27. The van der Waals surface area contributed by atoms with Gasteiger partial charge >= 0.3 is 0 Å². The zero-order chi connectivity index (χ0) is 17.8. The van der Waals surface area contributed by atoms with E-state index in [1.54, 1.807) is 12.1 Å². The van der Waals surface area contributed by atoms with Crippen molar-refractivity contribution in [2.24, 2.45) is 0 Å². The van der Waals surface area contributed by atoms with Crippen LogP contribution in [0.25, 0.3) is 10.9 Å². The smallest absolute Gasteiger partial charge is 0.248 e. The van der Waals surface area contributed by atoms with Crippen LogP contribution in [0, 0.1) is 0 Å². The summed E-state index contributed by atoms with van der Waals surface area (Å²) in [6, 6.07) is 13.7. The van der Waals surface area contributed by atoms with Crippen LogP contribution in [0.5, 0.6) is 5.75 Å². The van der Waals surface area contributed by atoms with Gasteiger partial charge in [-0.25, -0.2) is 0 Å². The number of aliphatic hydroxyl groups excluding tert-OH is 1. The highest BCUT2D eigenvalue weighted by Gasteiger charge is 2.15. The third-order valence-electron chi connectivity index (χ3n) is 4.21. The van der Waals surface area contributed by atoms with E-state index in [-0.39, 0.29) is 24.0 Å². The van der Waals surface area contributed by atoms with Crippen molar-refractivity contribution in [1.82, 2.24) is 10.3 Å². The molecule has 5 nitrogen and oxygen atoms in total. The van der Waals surface area contributed by atoms with Crippen LogP contribution in [-0.2, 0) is 6.42 Å². The molecule has 130 valence electrons. The molecule has 2 aromatic carbocycles. The van der Waals surface area contributed by atoms with Crippen molar-refractivity contribution in [1.29, 1.82) is 0 Å². The number of aliphatic hydroxyl groups is 1. The monoisotopic (exact) mass is 358 g/mol. The molecule has 0 radical (unpaired) electrons. The van der Waals surface area contributed by atoms with E-state index in [1.165, 1.54) is 12.1 Å². The number of hydrogen-bond acceptors (Lipinski definition) is 4. The normalized spacial score (nSPS) is 12.4. The second-order valence-corrected chi connectivity index (χ2v) is 6.22. The average Bonchev–Trinajstić information content (AvgIpc) is 2.61. The van der Waals surface area contributed by atoms with E-state index in [2.05, 4.69) is 10.3 Å². The fourth-order valence-electron chi connectivity index (χ4n) is 2.92. The Kier molecular flexibility index (Phi) is 5.38. The number of pyridine rings is 1. The maximum Gasteiger partial charge on any atom is 0.248 e. The molecule has 0 bridgehead atoms. The summed E-state index contributed by atoms with van der Waals surface area (Å²) in [5, 5.41) is 24.5. The summed E-state index contributed by atoms with van der Waals surface area (Å²) in [5.74, 6) is 0.00390. The standard InChI is InChI=1S/C19H19ClN2O3/c20-15-4-2-1-3-12(15)9-10-21-16(11-23)13-5-7-17(24)19-14(13)6-8-18(25)22-19/h1-8,16,21,23-24H,9-11H2,(H,22,25). The SMILES string of the molecule is O=c1ccc2c(C(CO)NCCc3ccccc3Cl)ccc(O)c2[nH]1. The van der Waals surface area contributed by atoms with Crippen molar-refractivity contribution in [3.05, 3.63) is 75.0 Å². The fraction of sp³-hybridized carbons (Fsp3) is 0.211. The van der Waals surface area contributed by atoms with Gasteiger partial charge < -0.3 is 20.5 Å². The summed E-state index contributed by atoms with van der Waals surface area (Å²) in [4.78, 5) is 14.1. The van der Waals surface area contributed by atoms with Crippen molar-refractivity contribution < 1.29 is 10.2 Å². The molecule has 3 aromatic rings. The van der Waals surface area contributed by atoms with Crippen LogP contribution in [-0.4, -0.2) is 28.3 Å². The van der Waals surface area contributed by atoms with Gasteiger partial charge in [0.1, 0.15) is 5.75 Å². The lowest BCUT2D eigenvalue weighted by molar-refractivity contribution is 0.246. The fourth-order valence-corrected chi connectivity index (χ4v) is 3.15. The molecule has 1 unspecified atom stereocenters. The number of aromatic hydroxyl groups is 1. The van der Waals surface area contributed by atoms with Gasteiger partial charge in [-0.3, -0.25) is 4.79 Å². The maximum absolute atomic E-state index is 11.5. The van der Waals surface area contributed by atoms with Crippen LogP contribution in [0.2, 0.25) is 5.02 Å². The van der Waals surface area contributed by atoms with Gasteiger partial charge in [0.05, 0.1) is 18.2 Å². The Bertz CT molecular complexity index is 939. The Balaban J connectivity index is 1.82. The molecular weight excluding hydrogens is 340 g/mol. The second-order valence-electron chi connectivity index (χ2n) is 5.82. The number of phenols is 1. The summed E-state index contributed by atoms with van der Waals surface area (Å²) in [6.07, 6.45) is 0.725. The zero-order valence-electron chi connectivity index (χ0n) is 13.5. The van der Waals surface area contributed by atoms with E-state index in [0.717, 1.165) is 22.6 Å². The quantitative estimate of drug-likeness (QED) is 0.546. The number of H-pyrrole nitrogens is 1. The third kappa shape index (κ3) is 3.85. The average molecular weight is 359 g/mol. The first-order chi connectivity index (χ1) is 12.1. The summed E-state index contributed by atoms with van der Waals surface area (Å²) in [6.45, 7) is 0.516. The lowest BCUT2D eigenvalue weighted by Gasteiger charge is -2.19. The molecule has 0 fully saturated rings. The molecule has 25 heavy (non-hydrogen) atoms. The van der Waals surface area contributed by atoms with E-state index in [0.29, 0.717) is 17.4 Å². The Morgan fingerprint density at radius 2 is 1.92 bits per heavy atom. The van der Waals surface area contributed by atoms with Gasteiger partial charge in [0.2, 0.25) is 5.56 Å². The lowest BCUT2D eigenvalue weighted by atomic mass is 10.0. The number of halogens is 1. The number of nitrogens with one attached hydrogen (secondary N) is 2. The third-order valence-corrected chi connectivity index (χ3v) is 4.58. The van der Waals surface area contributed by atoms with Crippen LogP contribution in [0.4, 0.5) is 0 Å². The van der Waals surface area contributed by atoms with E-state index in [9.17, 15) is 15.0 Å². The maximum atomic E-state index is 11.5. The van der Waals surface area contributed by atoms with Crippen molar-refractivity contribution in [2.75, 3.05) is 13.2 Å². The summed E-state index contributed by atoms with van der Waals surface area (Å²) < 4.78 is 0. The minimum absolute atomic E-state index is 0.00390. The second kappa shape index (κ2) is 7.70. The first kappa shape index (κ1) is 17.5. The van der Waals surface area contributed by atoms with Gasteiger partial charge in [0.15, 0.2) is 0 Å². The number of hydrogen-bond donors (Lipinski definition) is 4. The van der Waals surface area contributed by atoms with E-state index >= 15 is 0 Å². The predicted molar refractivity (Wildman–Crippen MR) is 99.2 cm³/mol. The van der Waals surface area contributed by atoms with Crippen molar-refractivity contribution in [2.45, 2.75) is 12.5 Å². The minimum atomic E-state index is -0.323. The van der Waals surface area contributed by atoms with Crippen molar-refractivity contribution >= 4 is 22.5 Å². The van der Waals surface area contributed by atoms with Crippen molar-refractivity contribution in [3.63, 3.8) is 0 Å². The Hall–Kier alpha value is -2.34. The Labute approximate surface area is 149 Å². The van der Waals surface area contributed by atoms with Gasteiger partial charge in [-0.2, -0.15) is 0 Å². The van der Waals surface area contributed by atoms with Crippen LogP contribution < -0.4 is 10.9 Å². The van der Waals surface area contributed by atoms with Crippen LogP contribution in [0.3, 0.4) is 0 Å². The highest BCUT2D eigenvalue weighted by Crippen LogP contribution is 2.28. The number of rotatable bonds is 6.